The zero-order valence-electron chi connectivity index (χ0n) is 14.1. The molecule has 2 heterocycles. The van der Waals surface area contributed by atoms with Crippen LogP contribution in [0.2, 0.25) is 0 Å². The van der Waals surface area contributed by atoms with Crippen molar-refractivity contribution in [3.8, 4) is 17.4 Å². The molecule has 1 aromatic carbocycles. The number of imide groups is 1. The van der Waals surface area contributed by atoms with Gasteiger partial charge in [0.1, 0.15) is 17.5 Å². The molecule has 1 atom stereocenters. The Hall–Kier alpha value is -3.16. The zero-order chi connectivity index (χ0) is 18.0. The fraction of sp³-hybridized carbons (Fsp3) is 0.294. The Morgan fingerprint density at radius 3 is 2.76 bits per heavy atom. The highest BCUT2D eigenvalue weighted by Crippen LogP contribution is 2.28. The van der Waals surface area contributed by atoms with Gasteiger partial charge < -0.3 is 14.8 Å². The Morgan fingerprint density at radius 1 is 1.28 bits per heavy atom. The van der Waals surface area contributed by atoms with Crippen LogP contribution in [-0.4, -0.2) is 35.1 Å². The number of benzene rings is 1. The first-order valence-corrected chi connectivity index (χ1v) is 7.83. The van der Waals surface area contributed by atoms with Crippen molar-refractivity contribution in [1.82, 2.24) is 15.3 Å². The molecule has 0 saturated carbocycles. The van der Waals surface area contributed by atoms with Gasteiger partial charge in [0.05, 0.1) is 7.11 Å². The van der Waals surface area contributed by atoms with Crippen molar-refractivity contribution in [2.45, 2.75) is 26.3 Å². The predicted molar refractivity (Wildman–Crippen MR) is 89.9 cm³/mol. The second-order valence-corrected chi connectivity index (χ2v) is 5.51. The van der Waals surface area contributed by atoms with Crippen molar-refractivity contribution in [2.24, 2.45) is 0 Å². The Morgan fingerprint density at radius 2 is 2.08 bits per heavy atom. The second-order valence-electron chi connectivity index (χ2n) is 5.51. The van der Waals surface area contributed by atoms with Crippen LogP contribution in [0, 0.1) is 6.92 Å². The SMILES string of the molecule is CCC1NC(=O)N(c2nccc(Oc3ccc(C)c(OC)c3)n2)C1=O. The summed E-state index contributed by atoms with van der Waals surface area (Å²) in [6, 6.07) is 5.83. The Kier molecular flexibility index (Phi) is 4.51. The van der Waals surface area contributed by atoms with Crippen LogP contribution in [0.1, 0.15) is 18.9 Å². The molecule has 8 heteroatoms. The molecule has 1 N–H and O–H groups in total. The third-order valence-electron chi connectivity index (χ3n) is 3.85. The molecule has 0 bridgehead atoms. The molecule has 1 aliphatic rings. The van der Waals surface area contributed by atoms with Gasteiger partial charge in [-0.25, -0.2) is 9.78 Å². The number of ether oxygens (including phenoxy) is 2. The molecule has 1 aromatic heterocycles. The maximum atomic E-state index is 12.2. The van der Waals surface area contributed by atoms with Gasteiger partial charge in [-0.15, -0.1) is 0 Å². The van der Waals surface area contributed by atoms with Gasteiger partial charge >= 0.3 is 6.03 Å². The minimum atomic E-state index is -0.554. The van der Waals surface area contributed by atoms with Gasteiger partial charge in [0, 0.05) is 18.3 Å². The number of methoxy groups -OCH3 is 1. The van der Waals surface area contributed by atoms with Gasteiger partial charge in [-0.3, -0.25) is 4.79 Å². The smallest absolute Gasteiger partial charge is 0.331 e. The molecule has 1 unspecified atom stereocenters. The maximum absolute atomic E-state index is 12.2. The second kappa shape index (κ2) is 6.76. The molecule has 0 aliphatic carbocycles. The molecule has 8 nitrogen and oxygen atoms in total. The highest BCUT2D eigenvalue weighted by molar-refractivity contribution is 6.20. The van der Waals surface area contributed by atoms with E-state index in [1.807, 2.05) is 19.9 Å². The number of aromatic nitrogens is 2. The lowest BCUT2D eigenvalue weighted by Gasteiger charge is -2.12. The van der Waals surface area contributed by atoms with E-state index < -0.39 is 12.1 Å². The normalized spacial score (nSPS) is 16.8. The van der Waals surface area contributed by atoms with E-state index in [1.54, 1.807) is 25.3 Å². The molecular weight excluding hydrogens is 324 g/mol. The number of nitrogens with one attached hydrogen (secondary N) is 1. The van der Waals surface area contributed by atoms with Crippen molar-refractivity contribution in [1.29, 1.82) is 0 Å². The van der Waals surface area contributed by atoms with Crippen LogP contribution in [0.4, 0.5) is 10.7 Å². The molecule has 1 saturated heterocycles. The number of urea groups is 1. The molecule has 0 radical (unpaired) electrons. The molecular formula is C17H18N4O4. The summed E-state index contributed by atoms with van der Waals surface area (Å²) in [7, 11) is 1.58. The van der Waals surface area contributed by atoms with Crippen LogP contribution in [0.15, 0.2) is 30.5 Å². The fourth-order valence-electron chi connectivity index (χ4n) is 2.48. The van der Waals surface area contributed by atoms with E-state index in [2.05, 4.69) is 15.3 Å². The van der Waals surface area contributed by atoms with Gasteiger partial charge in [0.25, 0.3) is 5.91 Å². The van der Waals surface area contributed by atoms with Crippen molar-refractivity contribution >= 4 is 17.9 Å². The quantitative estimate of drug-likeness (QED) is 0.839. The predicted octanol–water partition coefficient (Wildman–Crippen LogP) is 2.42. The van der Waals surface area contributed by atoms with Crippen LogP contribution in [0.25, 0.3) is 0 Å². The summed E-state index contributed by atoms with van der Waals surface area (Å²) in [5, 5.41) is 2.59. The van der Waals surface area contributed by atoms with E-state index in [-0.39, 0.29) is 17.7 Å². The average Bonchev–Trinajstić information content (AvgIpc) is 2.90. The first kappa shape index (κ1) is 16.7. The van der Waals surface area contributed by atoms with Crippen LogP contribution >= 0.6 is 0 Å². The van der Waals surface area contributed by atoms with Gasteiger partial charge in [0.2, 0.25) is 11.8 Å². The minimum Gasteiger partial charge on any atom is -0.496 e. The van der Waals surface area contributed by atoms with Crippen molar-refractivity contribution in [2.75, 3.05) is 12.0 Å². The summed E-state index contributed by atoms with van der Waals surface area (Å²) < 4.78 is 11.0. The van der Waals surface area contributed by atoms with E-state index in [0.717, 1.165) is 10.5 Å². The molecule has 3 amide bonds. The number of rotatable bonds is 5. The van der Waals surface area contributed by atoms with Crippen molar-refractivity contribution < 1.29 is 19.1 Å². The molecule has 130 valence electrons. The first-order valence-electron chi connectivity index (χ1n) is 7.83. The lowest BCUT2D eigenvalue weighted by Crippen LogP contribution is -2.32. The number of hydrogen-bond acceptors (Lipinski definition) is 6. The third-order valence-corrected chi connectivity index (χ3v) is 3.85. The lowest BCUT2D eigenvalue weighted by atomic mass is 10.2. The lowest BCUT2D eigenvalue weighted by molar-refractivity contribution is -0.118. The van der Waals surface area contributed by atoms with E-state index in [9.17, 15) is 9.59 Å². The fourth-order valence-corrected chi connectivity index (χ4v) is 2.48. The largest absolute Gasteiger partial charge is 0.496 e. The number of carbonyl (C=O) groups excluding carboxylic acids is 2. The summed E-state index contributed by atoms with van der Waals surface area (Å²) >= 11 is 0. The Labute approximate surface area is 144 Å². The van der Waals surface area contributed by atoms with Crippen molar-refractivity contribution in [3.05, 3.63) is 36.0 Å². The monoisotopic (exact) mass is 342 g/mol. The summed E-state index contributed by atoms with van der Waals surface area (Å²) in [6.07, 6.45) is 1.93. The molecule has 1 fully saturated rings. The first-order chi connectivity index (χ1) is 12.0. The van der Waals surface area contributed by atoms with E-state index in [0.29, 0.717) is 17.9 Å². The van der Waals surface area contributed by atoms with Gasteiger partial charge in [-0.1, -0.05) is 13.0 Å². The minimum absolute atomic E-state index is 0.0185. The number of amides is 3. The van der Waals surface area contributed by atoms with Crippen LogP contribution < -0.4 is 19.7 Å². The number of nitrogens with zero attached hydrogens (tertiary/aromatic N) is 3. The van der Waals surface area contributed by atoms with Gasteiger partial charge in [0.15, 0.2) is 0 Å². The average molecular weight is 342 g/mol. The number of hydrogen-bond donors (Lipinski definition) is 1. The number of aryl methyl sites for hydroxylation is 1. The third kappa shape index (κ3) is 3.23. The Bertz CT molecular complexity index is 824. The Balaban J connectivity index is 1.85. The van der Waals surface area contributed by atoms with Gasteiger partial charge in [-0.05, 0) is 25.0 Å². The van der Waals surface area contributed by atoms with Crippen LogP contribution in [0.3, 0.4) is 0 Å². The van der Waals surface area contributed by atoms with Gasteiger partial charge in [-0.2, -0.15) is 9.88 Å². The summed E-state index contributed by atoms with van der Waals surface area (Å²) in [5.74, 6) is 1.04. The van der Waals surface area contributed by atoms with E-state index >= 15 is 0 Å². The zero-order valence-corrected chi connectivity index (χ0v) is 14.1. The molecule has 1 aliphatic heterocycles. The summed E-state index contributed by atoms with van der Waals surface area (Å²) in [6.45, 7) is 3.74. The number of carbonyl (C=O) groups is 2. The highest BCUT2D eigenvalue weighted by Gasteiger charge is 2.39. The van der Waals surface area contributed by atoms with Crippen LogP contribution in [-0.2, 0) is 4.79 Å². The molecule has 0 spiro atoms. The summed E-state index contributed by atoms with van der Waals surface area (Å²) in [4.78, 5) is 33.3. The molecule has 25 heavy (non-hydrogen) atoms. The van der Waals surface area contributed by atoms with Crippen molar-refractivity contribution in [3.63, 3.8) is 0 Å². The maximum Gasteiger partial charge on any atom is 0.331 e. The summed E-state index contributed by atoms with van der Waals surface area (Å²) in [5.41, 5.74) is 0.975. The standard InChI is InChI=1S/C17H18N4O4/c1-4-12-15(22)21(17(23)19-12)16-18-8-7-14(20-16)25-11-6-5-10(2)13(9-11)24-3/h5-9,12H,4H2,1-3H3,(H,19,23). The van der Waals surface area contributed by atoms with E-state index in [1.165, 1.54) is 6.20 Å². The highest BCUT2D eigenvalue weighted by atomic mass is 16.5. The topological polar surface area (TPSA) is 93.7 Å². The molecule has 2 aromatic rings. The molecule has 3 rings (SSSR count). The van der Waals surface area contributed by atoms with Crippen LogP contribution in [0.5, 0.6) is 17.4 Å². The van der Waals surface area contributed by atoms with E-state index in [4.69, 9.17) is 9.47 Å². The number of anilines is 1.